The highest BCUT2D eigenvalue weighted by Crippen LogP contribution is 2.30. The summed E-state index contributed by atoms with van der Waals surface area (Å²) in [6.07, 6.45) is 1.46. The molecule has 0 radical (unpaired) electrons. The number of pyridine rings is 1. The van der Waals surface area contributed by atoms with Crippen LogP contribution in [0, 0.1) is 5.82 Å². The largest absolute Gasteiger partial charge is 0.497 e. The van der Waals surface area contributed by atoms with Crippen molar-refractivity contribution in [1.29, 1.82) is 0 Å². The number of ether oxygens (including phenoxy) is 1. The molecule has 0 saturated heterocycles. The molecule has 0 amide bonds. The van der Waals surface area contributed by atoms with Crippen molar-refractivity contribution in [3.63, 3.8) is 0 Å². The van der Waals surface area contributed by atoms with Crippen molar-refractivity contribution in [3.8, 4) is 5.75 Å². The van der Waals surface area contributed by atoms with Gasteiger partial charge < -0.3 is 15.8 Å². The topological polar surface area (TPSA) is 60.2 Å². The highest BCUT2D eigenvalue weighted by molar-refractivity contribution is 6.30. The maximum Gasteiger partial charge on any atom is 0.132 e. The molecule has 0 aliphatic carbocycles. The molecule has 1 aromatic carbocycles. The summed E-state index contributed by atoms with van der Waals surface area (Å²) < 4.78 is 19.2. The van der Waals surface area contributed by atoms with Gasteiger partial charge in [0.05, 0.1) is 18.2 Å². The van der Waals surface area contributed by atoms with Gasteiger partial charge in [-0.25, -0.2) is 9.37 Å². The van der Waals surface area contributed by atoms with Crippen LogP contribution in [0.2, 0.25) is 5.02 Å². The molecule has 0 fully saturated rings. The number of methoxy groups -OCH3 is 1. The Hall–Kier alpha value is -1.85. The lowest BCUT2D eigenvalue weighted by Gasteiger charge is -2.19. The smallest absolute Gasteiger partial charge is 0.132 e. The number of nitrogen functional groups attached to an aromatic ring is 1. The van der Waals surface area contributed by atoms with Crippen LogP contribution in [0.5, 0.6) is 5.75 Å². The molecule has 0 bridgehead atoms. The first kappa shape index (κ1) is 14.6. The second-order valence-electron chi connectivity index (χ2n) is 4.24. The Labute approximate surface area is 121 Å². The lowest BCUT2D eigenvalue weighted by Crippen LogP contribution is -2.20. The quantitative estimate of drug-likeness (QED) is 0.910. The van der Waals surface area contributed by atoms with Gasteiger partial charge in [-0.3, -0.25) is 0 Å². The Morgan fingerprint density at radius 3 is 2.70 bits per heavy atom. The number of aromatic nitrogens is 1. The van der Waals surface area contributed by atoms with Gasteiger partial charge in [0.25, 0.3) is 0 Å². The summed E-state index contributed by atoms with van der Waals surface area (Å²) in [6, 6.07) is 5.90. The lowest BCUT2D eigenvalue weighted by atomic mass is 9.98. The van der Waals surface area contributed by atoms with E-state index in [0.29, 0.717) is 27.7 Å². The van der Waals surface area contributed by atoms with E-state index in [-0.39, 0.29) is 5.82 Å². The van der Waals surface area contributed by atoms with Crippen LogP contribution in [-0.2, 0) is 0 Å². The summed E-state index contributed by atoms with van der Waals surface area (Å²) in [5.41, 5.74) is 6.93. The van der Waals surface area contributed by atoms with Crippen molar-refractivity contribution in [2.24, 2.45) is 0 Å². The van der Waals surface area contributed by atoms with Gasteiger partial charge >= 0.3 is 0 Å². The van der Waals surface area contributed by atoms with Gasteiger partial charge in [0.1, 0.15) is 17.4 Å². The molecule has 6 heteroatoms. The van der Waals surface area contributed by atoms with Crippen molar-refractivity contribution >= 4 is 17.4 Å². The molecule has 1 atom stereocenters. The fourth-order valence-electron chi connectivity index (χ4n) is 2.04. The molecule has 0 saturated carbocycles. The Morgan fingerprint density at radius 2 is 2.10 bits per heavy atom. The minimum atomic E-state index is -0.438. The third-order valence-electron chi connectivity index (χ3n) is 3.03. The van der Waals surface area contributed by atoms with Crippen LogP contribution in [0.3, 0.4) is 0 Å². The molecule has 4 nitrogen and oxygen atoms in total. The molecular formula is C14H15ClFN3O. The van der Waals surface area contributed by atoms with Crippen molar-refractivity contribution < 1.29 is 9.13 Å². The number of benzene rings is 1. The monoisotopic (exact) mass is 295 g/mol. The number of rotatable bonds is 4. The number of nitrogens with zero attached hydrogens (tertiary/aromatic N) is 1. The van der Waals surface area contributed by atoms with E-state index < -0.39 is 6.04 Å². The molecule has 2 aromatic rings. The van der Waals surface area contributed by atoms with Crippen LogP contribution in [-0.4, -0.2) is 19.1 Å². The molecule has 1 unspecified atom stereocenters. The number of halogens is 2. The highest BCUT2D eigenvalue weighted by Gasteiger charge is 2.20. The molecular weight excluding hydrogens is 281 g/mol. The molecule has 2 rings (SSSR count). The van der Waals surface area contributed by atoms with E-state index in [1.165, 1.54) is 19.4 Å². The van der Waals surface area contributed by atoms with E-state index in [1.807, 2.05) is 0 Å². The Morgan fingerprint density at radius 1 is 1.35 bits per heavy atom. The number of anilines is 1. The van der Waals surface area contributed by atoms with Gasteiger partial charge in [-0.1, -0.05) is 17.7 Å². The van der Waals surface area contributed by atoms with Gasteiger partial charge in [0.2, 0.25) is 0 Å². The fraction of sp³-hybridized carbons (Fsp3) is 0.214. The van der Waals surface area contributed by atoms with Crippen LogP contribution < -0.4 is 15.8 Å². The van der Waals surface area contributed by atoms with Gasteiger partial charge in [-0.2, -0.15) is 0 Å². The third kappa shape index (κ3) is 2.84. The molecule has 20 heavy (non-hydrogen) atoms. The zero-order valence-corrected chi connectivity index (χ0v) is 11.9. The first-order valence-corrected chi connectivity index (χ1v) is 6.36. The summed E-state index contributed by atoms with van der Waals surface area (Å²) in [5, 5.41) is 3.47. The molecule has 1 heterocycles. The van der Waals surface area contributed by atoms with E-state index in [2.05, 4.69) is 10.3 Å². The number of hydrogen-bond acceptors (Lipinski definition) is 4. The third-order valence-corrected chi connectivity index (χ3v) is 3.24. The maximum absolute atomic E-state index is 14.2. The predicted molar refractivity (Wildman–Crippen MR) is 77.5 cm³/mol. The average Bonchev–Trinajstić information content (AvgIpc) is 2.44. The van der Waals surface area contributed by atoms with Gasteiger partial charge in [0, 0.05) is 23.4 Å². The van der Waals surface area contributed by atoms with E-state index in [0.717, 1.165) is 0 Å². The molecule has 0 aliphatic rings. The van der Waals surface area contributed by atoms with Crippen LogP contribution in [0.25, 0.3) is 0 Å². The lowest BCUT2D eigenvalue weighted by molar-refractivity contribution is 0.410. The van der Waals surface area contributed by atoms with Crippen molar-refractivity contribution in [2.45, 2.75) is 6.04 Å². The van der Waals surface area contributed by atoms with Crippen molar-refractivity contribution in [2.75, 3.05) is 19.9 Å². The van der Waals surface area contributed by atoms with E-state index in [4.69, 9.17) is 22.1 Å². The van der Waals surface area contributed by atoms with Crippen molar-refractivity contribution in [3.05, 3.63) is 52.4 Å². The number of nitrogens with two attached hydrogens (primary N) is 1. The van der Waals surface area contributed by atoms with Gasteiger partial charge in [-0.15, -0.1) is 0 Å². The number of hydrogen-bond donors (Lipinski definition) is 2. The Bertz CT molecular complexity index is 621. The second-order valence-corrected chi connectivity index (χ2v) is 4.67. The van der Waals surface area contributed by atoms with Crippen LogP contribution in [0.15, 0.2) is 30.5 Å². The zero-order valence-electron chi connectivity index (χ0n) is 11.2. The molecule has 3 N–H and O–H groups in total. The Kier molecular flexibility index (Phi) is 4.42. The zero-order chi connectivity index (χ0) is 14.7. The summed E-state index contributed by atoms with van der Waals surface area (Å²) >= 11 is 5.93. The van der Waals surface area contributed by atoms with Crippen molar-refractivity contribution in [1.82, 2.24) is 10.3 Å². The van der Waals surface area contributed by atoms with Crippen LogP contribution in [0.1, 0.15) is 17.2 Å². The van der Waals surface area contributed by atoms with Crippen LogP contribution in [0.4, 0.5) is 10.2 Å². The first-order valence-electron chi connectivity index (χ1n) is 5.98. The van der Waals surface area contributed by atoms with Gasteiger partial charge in [-0.05, 0) is 19.2 Å². The van der Waals surface area contributed by atoms with E-state index in [9.17, 15) is 4.39 Å². The van der Waals surface area contributed by atoms with E-state index in [1.54, 1.807) is 25.2 Å². The SMILES string of the molecule is CNC(c1ccc(OC)cc1F)c1cc(Cl)cnc1N. The maximum atomic E-state index is 14.2. The molecule has 1 aromatic heterocycles. The normalized spacial score (nSPS) is 12.2. The summed E-state index contributed by atoms with van der Waals surface area (Å²) in [6.45, 7) is 0. The van der Waals surface area contributed by atoms with E-state index >= 15 is 0 Å². The first-order chi connectivity index (χ1) is 9.56. The van der Waals surface area contributed by atoms with Gasteiger partial charge in [0.15, 0.2) is 0 Å². The average molecular weight is 296 g/mol. The summed E-state index contributed by atoms with van der Waals surface area (Å²) in [5.74, 6) is 0.380. The minimum absolute atomic E-state index is 0.309. The predicted octanol–water partition coefficient (Wildman–Crippen LogP) is 2.77. The minimum Gasteiger partial charge on any atom is -0.497 e. The second kappa shape index (κ2) is 6.07. The standard InChI is InChI=1S/C14H15ClFN3O/c1-18-13(11-5-8(15)7-19-14(11)17)10-4-3-9(20-2)6-12(10)16/h3-7,13,18H,1-2H3,(H2,17,19). The Balaban J connectivity index is 2.49. The van der Waals surface area contributed by atoms with Crippen LogP contribution >= 0.6 is 11.6 Å². The molecule has 106 valence electrons. The number of nitrogens with one attached hydrogen (secondary N) is 1. The molecule has 0 aliphatic heterocycles. The summed E-state index contributed by atoms with van der Waals surface area (Å²) in [4.78, 5) is 4.00. The fourth-order valence-corrected chi connectivity index (χ4v) is 2.21. The highest BCUT2D eigenvalue weighted by atomic mass is 35.5. The summed E-state index contributed by atoms with van der Waals surface area (Å²) in [7, 11) is 3.21. The molecule has 0 spiro atoms.